The Morgan fingerprint density at radius 3 is 2.47 bits per heavy atom. The van der Waals surface area contributed by atoms with Gasteiger partial charge in [0.05, 0.1) is 0 Å². The van der Waals surface area contributed by atoms with E-state index in [1.807, 2.05) is 20.8 Å². The normalized spacial score (nSPS) is 25.8. The van der Waals surface area contributed by atoms with E-state index in [-0.39, 0.29) is 5.41 Å². The predicted octanol–water partition coefficient (Wildman–Crippen LogP) is 2.80. The van der Waals surface area contributed by atoms with E-state index >= 15 is 0 Å². The minimum Gasteiger partial charge on any atom is -0.341 e. The molecule has 3 heteroatoms. The number of rotatable bonds is 3. The maximum absolute atomic E-state index is 12.3. The summed E-state index contributed by atoms with van der Waals surface area (Å²) in [6.07, 6.45) is 7.97. The topological polar surface area (TPSA) is 32.3 Å². The van der Waals surface area contributed by atoms with Crippen LogP contribution < -0.4 is 5.32 Å². The number of hydrogen-bond donors (Lipinski definition) is 1. The molecule has 19 heavy (non-hydrogen) atoms. The van der Waals surface area contributed by atoms with Crippen molar-refractivity contribution in [3.8, 4) is 0 Å². The van der Waals surface area contributed by atoms with Crippen LogP contribution in [0.5, 0.6) is 0 Å². The number of carbonyl (C=O) groups excluding carboxylic acids is 1. The fourth-order valence-corrected chi connectivity index (χ4v) is 3.35. The molecule has 0 aromatic carbocycles. The average Bonchev–Trinajstić information content (AvgIpc) is 2.88. The van der Waals surface area contributed by atoms with E-state index in [1.165, 1.54) is 32.1 Å². The van der Waals surface area contributed by atoms with Crippen LogP contribution in [0.15, 0.2) is 0 Å². The summed E-state index contributed by atoms with van der Waals surface area (Å²) >= 11 is 0. The Morgan fingerprint density at radius 2 is 1.84 bits per heavy atom. The highest BCUT2D eigenvalue weighted by molar-refractivity contribution is 5.81. The first-order valence-electron chi connectivity index (χ1n) is 7.99. The summed E-state index contributed by atoms with van der Waals surface area (Å²) in [5.41, 5.74) is -0.243. The predicted molar refractivity (Wildman–Crippen MR) is 79.0 cm³/mol. The molecule has 1 saturated carbocycles. The van der Waals surface area contributed by atoms with Crippen LogP contribution in [0.3, 0.4) is 0 Å². The maximum atomic E-state index is 12.3. The van der Waals surface area contributed by atoms with Gasteiger partial charge in [-0.2, -0.15) is 0 Å². The molecule has 0 radical (unpaired) electrons. The van der Waals surface area contributed by atoms with Gasteiger partial charge in [0, 0.05) is 24.5 Å². The Hall–Kier alpha value is -0.570. The van der Waals surface area contributed by atoms with Gasteiger partial charge in [0.15, 0.2) is 0 Å². The Labute approximate surface area is 118 Å². The zero-order valence-electron chi connectivity index (χ0n) is 12.9. The molecule has 2 aliphatic rings. The molecule has 1 saturated heterocycles. The monoisotopic (exact) mass is 266 g/mol. The van der Waals surface area contributed by atoms with Gasteiger partial charge < -0.3 is 10.2 Å². The summed E-state index contributed by atoms with van der Waals surface area (Å²) in [6, 6.07) is 0.514. The van der Waals surface area contributed by atoms with Gasteiger partial charge in [0.2, 0.25) is 5.91 Å². The molecule has 110 valence electrons. The second-order valence-electron chi connectivity index (χ2n) is 7.40. The zero-order chi connectivity index (χ0) is 13.9. The van der Waals surface area contributed by atoms with Gasteiger partial charge >= 0.3 is 0 Å². The van der Waals surface area contributed by atoms with E-state index in [0.717, 1.165) is 32.0 Å². The molecule has 1 amide bonds. The molecule has 1 unspecified atom stereocenters. The molecule has 0 bridgehead atoms. The average molecular weight is 266 g/mol. The van der Waals surface area contributed by atoms with Crippen LogP contribution in [0.4, 0.5) is 0 Å². The molecule has 1 aliphatic heterocycles. The van der Waals surface area contributed by atoms with Gasteiger partial charge in [0.25, 0.3) is 0 Å². The Bertz CT molecular complexity index is 302. The highest BCUT2D eigenvalue weighted by Gasteiger charge is 2.31. The number of nitrogens with zero attached hydrogens (tertiary/aromatic N) is 1. The largest absolute Gasteiger partial charge is 0.341 e. The van der Waals surface area contributed by atoms with Crippen molar-refractivity contribution in [2.24, 2.45) is 11.3 Å². The van der Waals surface area contributed by atoms with Crippen molar-refractivity contribution >= 4 is 5.91 Å². The number of nitrogens with one attached hydrogen (secondary N) is 1. The lowest BCUT2D eigenvalue weighted by Crippen LogP contribution is -2.51. The molecular formula is C16H30N2O. The molecule has 2 fully saturated rings. The Kier molecular flexibility index (Phi) is 4.88. The molecular weight excluding hydrogens is 236 g/mol. The van der Waals surface area contributed by atoms with E-state index in [4.69, 9.17) is 0 Å². The second kappa shape index (κ2) is 6.25. The van der Waals surface area contributed by atoms with Gasteiger partial charge in [-0.1, -0.05) is 33.6 Å². The van der Waals surface area contributed by atoms with Crippen molar-refractivity contribution < 1.29 is 4.79 Å². The molecule has 1 aliphatic carbocycles. The second-order valence-corrected chi connectivity index (χ2v) is 7.40. The third-order valence-electron chi connectivity index (χ3n) is 4.52. The van der Waals surface area contributed by atoms with Crippen molar-refractivity contribution in [3.63, 3.8) is 0 Å². The summed E-state index contributed by atoms with van der Waals surface area (Å²) in [4.78, 5) is 14.4. The summed E-state index contributed by atoms with van der Waals surface area (Å²) in [5.74, 6) is 1.19. The molecule has 0 aromatic heterocycles. The van der Waals surface area contributed by atoms with Gasteiger partial charge in [-0.05, 0) is 38.1 Å². The molecule has 1 atom stereocenters. The van der Waals surface area contributed by atoms with Crippen LogP contribution in [-0.2, 0) is 4.79 Å². The first kappa shape index (κ1) is 14.8. The number of amides is 1. The SMILES string of the molecule is CC(C)(C)C(=O)N1CCCC(NCC2CCCC2)C1. The van der Waals surface area contributed by atoms with Crippen LogP contribution in [0.2, 0.25) is 0 Å². The van der Waals surface area contributed by atoms with E-state index in [9.17, 15) is 4.79 Å². The lowest BCUT2D eigenvalue weighted by Gasteiger charge is -2.37. The molecule has 0 aromatic rings. The summed E-state index contributed by atoms with van der Waals surface area (Å²) in [7, 11) is 0. The van der Waals surface area contributed by atoms with Gasteiger partial charge in [-0.3, -0.25) is 4.79 Å². The van der Waals surface area contributed by atoms with Gasteiger partial charge in [-0.15, -0.1) is 0 Å². The van der Waals surface area contributed by atoms with Gasteiger partial charge in [-0.25, -0.2) is 0 Å². The van der Waals surface area contributed by atoms with Crippen molar-refractivity contribution in [2.75, 3.05) is 19.6 Å². The lowest BCUT2D eigenvalue weighted by molar-refractivity contribution is -0.140. The van der Waals surface area contributed by atoms with Crippen LogP contribution in [-0.4, -0.2) is 36.5 Å². The van der Waals surface area contributed by atoms with Crippen molar-refractivity contribution in [2.45, 2.75) is 65.3 Å². The zero-order valence-corrected chi connectivity index (χ0v) is 12.9. The Balaban J connectivity index is 1.78. The van der Waals surface area contributed by atoms with E-state index in [0.29, 0.717) is 11.9 Å². The Morgan fingerprint density at radius 1 is 1.16 bits per heavy atom. The third-order valence-corrected chi connectivity index (χ3v) is 4.52. The van der Waals surface area contributed by atoms with Crippen LogP contribution in [0.1, 0.15) is 59.3 Å². The van der Waals surface area contributed by atoms with E-state index < -0.39 is 0 Å². The quantitative estimate of drug-likeness (QED) is 0.852. The molecule has 0 spiro atoms. The maximum Gasteiger partial charge on any atom is 0.227 e. The van der Waals surface area contributed by atoms with Crippen LogP contribution >= 0.6 is 0 Å². The lowest BCUT2D eigenvalue weighted by atomic mass is 9.93. The van der Waals surface area contributed by atoms with Crippen molar-refractivity contribution in [3.05, 3.63) is 0 Å². The van der Waals surface area contributed by atoms with Crippen molar-refractivity contribution in [1.82, 2.24) is 10.2 Å². The number of piperidine rings is 1. The molecule has 1 heterocycles. The fourth-order valence-electron chi connectivity index (χ4n) is 3.35. The summed E-state index contributed by atoms with van der Waals surface area (Å²) in [5, 5.41) is 3.71. The van der Waals surface area contributed by atoms with E-state index in [2.05, 4.69) is 10.2 Å². The minimum absolute atomic E-state index is 0.243. The summed E-state index contributed by atoms with van der Waals surface area (Å²) in [6.45, 7) is 9.06. The van der Waals surface area contributed by atoms with Crippen molar-refractivity contribution in [1.29, 1.82) is 0 Å². The van der Waals surface area contributed by atoms with Gasteiger partial charge in [0.1, 0.15) is 0 Å². The first-order chi connectivity index (χ1) is 8.97. The molecule has 3 nitrogen and oxygen atoms in total. The smallest absolute Gasteiger partial charge is 0.227 e. The highest BCUT2D eigenvalue weighted by Crippen LogP contribution is 2.25. The number of hydrogen-bond acceptors (Lipinski definition) is 2. The standard InChI is InChI=1S/C16H30N2O/c1-16(2,3)15(19)18-10-6-9-14(12-18)17-11-13-7-4-5-8-13/h13-14,17H,4-12H2,1-3H3. The number of likely N-dealkylation sites (tertiary alicyclic amines) is 1. The first-order valence-corrected chi connectivity index (χ1v) is 7.99. The summed E-state index contributed by atoms with van der Waals surface area (Å²) < 4.78 is 0. The number of carbonyl (C=O) groups is 1. The minimum atomic E-state index is -0.243. The molecule has 1 N–H and O–H groups in total. The van der Waals surface area contributed by atoms with Crippen LogP contribution in [0.25, 0.3) is 0 Å². The highest BCUT2D eigenvalue weighted by atomic mass is 16.2. The van der Waals surface area contributed by atoms with E-state index in [1.54, 1.807) is 0 Å². The van der Waals surface area contributed by atoms with Crippen LogP contribution in [0, 0.1) is 11.3 Å². The molecule has 2 rings (SSSR count). The fraction of sp³-hybridized carbons (Fsp3) is 0.938. The third kappa shape index (κ3) is 4.20.